The number of carbonyl (C=O) groups is 3. The molecule has 0 spiro atoms. The fourth-order valence-electron chi connectivity index (χ4n) is 3.26. The van der Waals surface area contributed by atoms with Crippen LogP contribution in [0.2, 0.25) is 0 Å². The standard InChI is InChI=1S/C21H21N5O5S/c1-13-15(9-11-30-13)17-23-24-20(31-17)32-12-16(27)25-26-18(28)21(2,22-19(26)29)10-8-14-6-4-3-5-7-14/h3-7,9,11H,8,10,12H2,1-2H3,(H,22,29)(H,25,27)/t21-/m1/s1. The maximum absolute atomic E-state index is 12.8. The quantitative estimate of drug-likeness (QED) is 0.392. The molecule has 0 aliphatic carbocycles. The summed E-state index contributed by atoms with van der Waals surface area (Å²) >= 11 is 0.993. The number of aryl methyl sites for hydroxylation is 2. The van der Waals surface area contributed by atoms with Crippen LogP contribution in [0.5, 0.6) is 0 Å². The Kier molecular flexibility index (Phi) is 5.99. The van der Waals surface area contributed by atoms with Crippen LogP contribution >= 0.6 is 11.8 Å². The molecule has 0 saturated carbocycles. The molecule has 166 valence electrons. The number of urea groups is 1. The molecule has 1 fully saturated rings. The van der Waals surface area contributed by atoms with Crippen LogP contribution < -0.4 is 10.7 Å². The third-order valence-corrected chi connectivity index (χ3v) is 5.89. The number of hydrogen-bond donors (Lipinski definition) is 2. The number of aromatic nitrogens is 2. The zero-order valence-electron chi connectivity index (χ0n) is 17.5. The van der Waals surface area contributed by atoms with Crippen molar-refractivity contribution in [1.29, 1.82) is 0 Å². The predicted molar refractivity (Wildman–Crippen MR) is 114 cm³/mol. The number of rotatable bonds is 8. The van der Waals surface area contributed by atoms with Gasteiger partial charge in [-0.2, -0.15) is 5.01 Å². The van der Waals surface area contributed by atoms with E-state index in [9.17, 15) is 14.4 Å². The van der Waals surface area contributed by atoms with Gasteiger partial charge in [-0.25, -0.2) is 4.79 Å². The molecule has 1 aromatic carbocycles. The second-order valence-corrected chi connectivity index (χ2v) is 8.40. The molecule has 3 heterocycles. The van der Waals surface area contributed by atoms with E-state index in [1.165, 1.54) is 6.26 Å². The van der Waals surface area contributed by atoms with Crippen molar-refractivity contribution in [2.75, 3.05) is 5.75 Å². The molecule has 0 bridgehead atoms. The van der Waals surface area contributed by atoms with Crippen molar-refractivity contribution in [1.82, 2.24) is 25.9 Å². The molecule has 1 aliphatic heterocycles. The molecule has 10 nitrogen and oxygen atoms in total. The van der Waals surface area contributed by atoms with Crippen molar-refractivity contribution >= 4 is 29.6 Å². The van der Waals surface area contributed by atoms with E-state index in [1.54, 1.807) is 19.9 Å². The van der Waals surface area contributed by atoms with Crippen LogP contribution in [-0.4, -0.2) is 44.3 Å². The minimum Gasteiger partial charge on any atom is -0.469 e. The summed E-state index contributed by atoms with van der Waals surface area (Å²) < 4.78 is 10.7. The van der Waals surface area contributed by atoms with Gasteiger partial charge in [-0.3, -0.25) is 15.0 Å². The highest BCUT2D eigenvalue weighted by molar-refractivity contribution is 7.99. The van der Waals surface area contributed by atoms with E-state index < -0.39 is 23.4 Å². The van der Waals surface area contributed by atoms with E-state index in [0.29, 0.717) is 24.2 Å². The van der Waals surface area contributed by atoms with Gasteiger partial charge in [-0.1, -0.05) is 42.1 Å². The Bertz CT molecular complexity index is 1140. The van der Waals surface area contributed by atoms with Crippen molar-refractivity contribution in [2.45, 2.75) is 37.5 Å². The number of hydrogen-bond acceptors (Lipinski definition) is 8. The van der Waals surface area contributed by atoms with Crippen LogP contribution in [0.15, 0.2) is 56.7 Å². The van der Waals surface area contributed by atoms with Gasteiger partial charge in [-0.05, 0) is 38.3 Å². The molecule has 2 aromatic heterocycles. The Balaban J connectivity index is 1.31. The lowest BCUT2D eigenvalue weighted by molar-refractivity contribution is -0.138. The Morgan fingerprint density at radius 3 is 2.72 bits per heavy atom. The molecule has 1 aliphatic rings. The summed E-state index contributed by atoms with van der Waals surface area (Å²) in [5, 5.41) is 11.4. The Morgan fingerprint density at radius 1 is 1.22 bits per heavy atom. The molecule has 1 saturated heterocycles. The summed E-state index contributed by atoms with van der Waals surface area (Å²) in [6, 6.07) is 10.7. The normalized spacial score (nSPS) is 18.1. The highest BCUT2D eigenvalue weighted by Crippen LogP contribution is 2.26. The average Bonchev–Trinajstić information content (AvgIpc) is 3.47. The van der Waals surface area contributed by atoms with Gasteiger partial charge in [0, 0.05) is 0 Å². The third kappa shape index (κ3) is 4.52. The van der Waals surface area contributed by atoms with Crippen molar-refractivity contribution in [3.05, 3.63) is 54.0 Å². The van der Waals surface area contributed by atoms with Gasteiger partial charge >= 0.3 is 6.03 Å². The van der Waals surface area contributed by atoms with Crippen LogP contribution in [0.3, 0.4) is 0 Å². The maximum Gasteiger partial charge on any atom is 0.344 e. The van der Waals surface area contributed by atoms with Crippen LogP contribution in [0.1, 0.15) is 24.7 Å². The summed E-state index contributed by atoms with van der Waals surface area (Å²) in [4.78, 5) is 37.5. The zero-order chi connectivity index (χ0) is 22.7. The second-order valence-electron chi connectivity index (χ2n) is 7.48. The van der Waals surface area contributed by atoms with E-state index in [1.807, 2.05) is 30.3 Å². The van der Waals surface area contributed by atoms with Gasteiger partial charge in [0.25, 0.3) is 17.0 Å². The monoisotopic (exact) mass is 455 g/mol. The van der Waals surface area contributed by atoms with E-state index in [2.05, 4.69) is 20.9 Å². The summed E-state index contributed by atoms with van der Waals surface area (Å²) in [5.74, 6) is -0.263. The van der Waals surface area contributed by atoms with Crippen molar-refractivity contribution in [2.24, 2.45) is 0 Å². The summed E-state index contributed by atoms with van der Waals surface area (Å²) in [7, 11) is 0. The van der Waals surface area contributed by atoms with Crippen LogP contribution in [0, 0.1) is 6.92 Å². The number of carbonyl (C=O) groups excluding carboxylic acids is 3. The largest absolute Gasteiger partial charge is 0.469 e. The van der Waals surface area contributed by atoms with Crippen molar-refractivity contribution < 1.29 is 23.2 Å². The number of hydrazine groups is 1. The summed E-state index contributed by atoms with van der Waals surface area (Å²) in [6.07, 6.45) is 2.53. The van der Waals surface area contributed by atoms with Crippen LogP contribution in [0.4, 0.5) is 4.79 Å². The molecule has 0 unspecified atom stereocenters. The SMILES string of the molecule is Cc1occc1-c1nnc(SCC(=O)NN2C(=O)N[C@](C)(CCc3ccccc3)C2=O)o1. The molecular formula is C21H21N5O5S. The van der Waals surface area contributed by atoms with E-state index in [0.717, 1.165) is 22.3 Å². The average molecular weight is 455 g/mol. The number of nitrogens with one attached hydrogen (secondary N) is 2. The third-order valence-electron chi connectivity index (χ3n) is 5.08. The number of imide groups is 1. The molecule has 32 heavy (non-hydrogen) atoms. The molecule has 1 atom stereocenters. The number of furan rings is 1. The number of thioether (sulfide) groups is 1. The topological polar surface area (TPSA) is 131 Å². The lowest BCUT2D eigenvalue weighted by atomic mass is 9.93. The number of benzene rings is 1. The number of nitrogens with zero attached hydrogens (tertiary/aromatic N) is 3. The highest BCUT2D eigenvalue weighted by Gasteiger charge is 2.48. The predicted octanol–water partition coefficient (Wildman–Crippen LogP) is 2.70. The molecule has 2 N–H and O–H groups in total. The zero-order valence-corrected chi connectivity index (χ0v) is 18.3. The molecular weight excluding hydrogens is 434 g/mol. The lowest BCUT2D eigenvalue weighted by Crippen LogP contribution is -2.49. The fraction of sp³-hybridized carbons (Fsp3) is 0.286. The van der Waals surface area contributed by atoms with Gasteiger partial charge in [0.2, 0.25) is 5.91 Å². The molecule has 11 heteroatoms. The Morgan fingerprint density at radius 2 is 2.00 bits per heavy atom. The first-order valence-corrected chi connectivity index (χ1v) is 10.9. The fourth-order valence-corrected chi connectivity index (χ4v) is 3.82. The maximum atomic E-state index is 12.8. The minimum absolute atomic E-state index is 0.121. The first-order chi connectivity index (χ1) is 15.4. The van der Waals surface area contributed by atoms with Crippen LogP contribution in [-0.2, 0) is 16.0 Å². The van der Waals surface area contributed by atoms with E-state index >= 15 is 0 Å². The summed E-state index contributed by atoms with van der Waals surface area (Å²) in [5.41, 5.74) is 2.98. The smallest absolute Gasteiger partial charge is 0.344 e. The minimum atomic E-state index is -1.10. The lowest BCUT2D eigenvalue weighted by Gasteiger charge is -2.21. The van der Waals surface area contributed by atoms with Crippen molar-refractivity contribution in [3.63, 3.8) is 0 Å². The van der Waals surface area contributed by atoms with Crippen molar-refractivity contribution in [3.8, 4) is 11.5 Å². The molecule has 4 rings (SSSR count). The molecule has 3 aromatic rings. The van der Waals surface area contributed by atoms with E-state index in [-0.39, 0.29) is 16.9 Å². The van der Waals surface area contributed by atoms with Gasteiger partial charge in [0.15, 0.2) is 0 Å². The Labute approximate surface area is 187 Å². The van der Waals surface area contributed by atoms with E-state index in [4.69, 9.17) is 8.83 Å². The van der Waals surface area contributed by atoms with Gasteiger partial charge in [0.05, 0.1) is 17.6 Å². The number of amides is 4. The van der Waals surface area contributed by atoms with Crippen LogP contribution in [0.25, 0.3) is 11.5 Å². The summed E-state index contributed by atoms with van der Waals surface area (Å²) in [6.45, 7) is 3.42. The first kappa shape index (κ1) is 21.6. The first-order valence-electron chi connectivity index (χ1n) is 9.86. The Hall–Kier alpha value is -3.60. The highest BCUT2D eigenvalue weighted by atomic mass is 32.2. The second kappa shape index (κ2) is 8.87. The van der Waals surface area contributed by atoms with Gasteiger partial charge < -0.3 is 14.2 Å². The molecule has 0 radical (unpaired) electrons. The molecule has 4 amide bonds. The van der Waals surface area contributed by atoms with Gasteiger partial charge in [0.1, 0.15) is 11.3 Å². The van der Waals surface area contributed by atoms with Gasteiger partial charge in [-0.15, -0.1) is 10.2 Å².